The minimum absolute atomic E-state index is 0.0503. The average Bonchev–Trinajstić information content (AvgIpc) is 2.84. The summed E-state index contributed by atoms with van der Waals surface area (Å²) in [6.45, 7) is 1.96. The smallest absolute Gasteiger partial charge is 0.268 e. The summed E-state index contributed by atoms with van der Waals surface area (Å²) in [5.74, 6) is -0.253. The van der Waals surface area contributed by atoms with Crippen molar-refractivity contribution < 1.29 is 9.72 Å². The number of carbonyl (C=O) groups excluding carboxylic acids is 1. The third kappa shape index (κ3) is 3.58. The van der Waals surface area contributed by atoms with Crippen molar-refractivity contribution in [1.29, 1.82) is 0 Å². The van der Waals surface area contributed by atoms with Crippen molar-refractivity contribution in [3.63, 3.8) is 0 Å². The molecule has 8 heteroatoms. The molecule has 1 aliphatic rings. The van der Waals surface area contributed by atoms with Crippen molar-refractivity contribution in [3.05, 3.63) is 73.6 Å². The Morgan fingerprint density at radius 3 is 2.56 bits per heavy atom. The summed E-state index contributed by atoms with van der Waals surface area (Å²) in [5.41, 5.74) is 2.08. The number of nitro benzene ring substituents is 1. The molecular formula is C17H11ClN2O3S2. The highest BCUT2D eigenvalue weighted by atomic mass is 35.5. The fraction of sp³-hybridized carbons (Fsp3) is 0.0588. The highest BCUT2D eigenvalue weighted by molar-refractivity contribution is 8.27. The number of aryl methyl sites for hydroxylation is 1. The summed E-state index contributed by atoms with van der Waals surface area (Å²) in [6.07, 6.45) is 1.58. The summed E-state index contributed by atoms with van der Waals surface area (Å²) >= 11 is 12.3. The summed E-state index contributed by atoms with van der Waals surface area (Å²) < 4.78 is 0.420. The van der Waals surface area contributed by atoms with Crippen molar-refractivity contribution >= 4 is 63.3 Å². The molecule has 0 bridgehead atoms. The predicted molar refractivity (Wildman–Crippen MR) is 105 cm³/mol. The fourth-order valence-electron chi connectivity index (χ4n) is 2.29. The molecule has 5 nitrogen and oxygen atoms in total. The van der Waals surface area contributed by atoms with Crippen LogP contribution in [-0.2, 0) is 4.79 Å². The molecule has 0 N–H and O–H groups in total. The molecule has 0 aliphatic carbocycles. The van der Waals surface area contributed by atoms with Gasteiger partial charge < -0.3 is 0 Å². The normalized spacial score (nSPS) is 15.9. The Kier molecular flexibility index (Phi) is 4.89. The first-order chi connectivity index (χ1) is 11.9. The Bertz CT molecular complexity index is 926. The molecule has 0 radical (unpaired) electrons. The largest absolute Gasteiger partial charge is 0.288 e. The van der Waals surface area contributed by atoms with E-state index in [2.05, 4.69) is 0 Å². The molecule has 1 aliphatic heterocycles. The Labute approximate surface area is 158 Å². The SMILES string of the molecule is Cc1ccc(N2C(=O)/C(=C\c3ccc(Cl)c([N+](=O)[O-])c3)SC2=S)cc1. The second kappa shape index (κ2) is 6.95. The van der Waals surface area contributed by atoms with Gasteiger partial charge in [-0.1, -0.05) is 59.3 Å². The first-order valence-corrected chi connectivity index (χ1v) is 8.75. The molecule has 0 atom stereocenters. The number of nitro groups is 1. The summed E-state index contributed by atoms with van der Waals surface area (Å²) in [5, 5.41) is 11.0. The maximum absolute atomic E-state index is 12.7. The molecule has 2 aromatic carbocycles. The maximum Gasteiger partial charge on any atom is 0.288 e. The van der Waals surface area contributed by atoms with Gasteiger partial charge in [0.15, 0.2) is 4.32 Å². The van der Waals surface area contributed by atoms with Crippen LogP contribution in [0.25, 0.3) is 6.08 Å². The van der Waals surface area contributed by atoms with E-state index < -0.39 is 4.92 Å². The molecule has 126 valence electrons. The van der Waals surface area contributed by atoms with Crippen LogP contribution < -0.4 is 4.90 Å². The number of thiocarbonyl (C=S) groups is 1. The van der Waals surface area contributed by atoms with E-state index in [0.29, 0.717) is 20.5 Å². The number of amides is 1. The van der Waals surface area contributed by atoms with Crippen LogP contribution in [-0.4, -0.2) is 15.2 Å². The van der Waals surface area contributed by atoms with Crippen molar-refractivity contribution in [1.82, 2.24) is 0 Å². The lowest BCUT2D eigenvalue weighted by molar-refractivity contribution is -0.384. The Morgan fingerprint density at radius 2 is 1.92 bits per heavy atom. The van der Waals surface area contributed by atoms with E-state index in [1.54, 1.807) is 12.1 Å². The fourth-order valence-corrected chi connectivity index (χ4v) is 3.78. The first kappa shape index (κ1) is 17.6. The summed E-state index contributed by atoms with van der Waals surface area (Å²) in [7, 11) is 0. The van der Waals surface area contributed by atoms with Gasteiger partial charge in [-0.15, -0.1) is 0 Å². The van der Waals surface area contributed by atoms with E-state index in [9.17, 15) is 14.9 Å². The zero-order valence-corrected chi connectivity index (χ0v) is 15.3. The van der Waals surface area contributed by atoms with E-state index in [-0.39, 0.29) is 16.6 Å². The molecule has 25 heavy (non-hydrogen) atoms. The highest BCUT2D eigenvalue weighted by Crippen LogP contribution is 2.36. The van der Waals surface area contributed by atoms with E-state index >= 15 is 0 Å². The number of carbonyl (C=O) groups is 1. The van der Waals surface area contributed by atoms with Gasteiger partial charge in [0.1, 0.15) is 5.02 Å². The van der Waals surface area contributed by atoms with Crippen LogP contribution in [0.1, 0.15) is 11.1 Å². The molecule has 3 rings (SSSR count). The van der Waals surface area contributed by atoms with E-state index in [1.807, 2.05) is 31.2 Å². The van der Waals surface area contributed by atoms with E-state index in [1.165, 1.54) is 17.0 Å². The van der Waals surface area contributed by atoms with Crippen LogP contribution in [0.3, 0.4) is 0 Å². The standard InChI is InChI=1S/C17H11ClN2O3S2/c1-10-2-5-12(6-3-10)19-16(21)15(25-17(19)24)9-11-4-7-13(18)14(8-11)20(22)23/h2-9H,1H3/b15-9+. The third-order valence-electron chi connectivity index (χ3n) is 3.55. The molecule has 1 fully saturated rings. The molecule has 0 saturated carbocycles. The van der Waals surface area contributed by atoms with Crippen molar-refractivity contribution in [2.24, 2.45) is 0 Å². The van der Waals surface area contributed by atoms with Gasteiger partial charge in [0.2, 0.25) is 0 Å². The molecule has 1 heterocycles. The molecule has 0 spiro atoms. The lowest BCUT2D eigenvalue weighted by Gasteiger charge is -2.14. The number of benzene rings is 2. The van der Waals surface area contributed by atoms with Crippen LogP contribution in [0, 0.1) is 17.0 Å². The number of rotatable bonds is 3. The van der Waals surface area contributed by atoms with Gasteiger partial charge in [-0.25, -0.2) is 0 Å². The first-order valence-electron chi connectivity index (χ1n) is 7.15. The predicted octanol–water partition coefficient (Wildman–Crippen LogP) is 4.96. The molecule has 1 saturated heterocycles. The molecule has 0 aromatic heterocycles. The van der Waals surface area contributed by atoms with Gasteiger partial charge in [0.05, 0.1) is 15.5 Å². The van der Waals surface area contributed by atoms with Gasteiger partial charge in [-0.05, 0) is 36.8 Å². The second-order valence-corrected chi connectivity index (χ2v) is 7.40. The lowest BCUT2D eigenvalue weighted by atomic mass is 10.1. The average molecular weight is 391 g/mol. The molecule has 1 amide bonds. The van der Waals surface area contributed by atoms with Gasteiger partial charge in [0, 0.05) is 6.07 Å². The zero-order valence-electron chi connectivity index (χ0n) is 12.9. The zero-order chi connectivity index (χ0) is 18.1. The lowest BCUT2D eigenvalue weighted by Crippen LogP contribution is -2.27. The van der Waals surface area contributed by atoms with Gasteiger partial charge >= 0.3 is 0 Å². The highest BCUT2D eigenvalue weighted by Gasteiger charge is 2.33. The number of nitrogens with zero attached hydrogens (tertiary/aromatic N) is 2. The molecular weight excluding hydrogens is 380 g/mol. The van der Waals surface area contributed by atoms with Crippen LogP contribution in [0.15, 0.2) is 47.4 Å². The second-order valence-electron chi connectivity index (χ2n) is 5.32. The van der Waals surface area contributed by atoms with Gasteiger partial charge in [-0.2, -0.15) is 0 Å². The molecule has 0 unspecified atom stereocenters. The number of hydrogen-bond donors (Lipinski definition) is 0. The Morgan fingerprint density at radius 1 is 1.24 bits per heavy atom. The topological polar surface area (TPSA) is 63.5 Å². The van der Waals surface area contributed by atoms with Gasteiger partial charge in [0.25, 0.3) is 11.6 Å². The van der Waals surface area contributed by atoms with E-state index in [4.69, 9.17) is 23.8 Å². The van der Waals surface area contributed by atoms with Crippen molar-refractivity contribution in [2.45, 2.75) is 6.92 Å². The van der Waals surface area contributed by atoms with Crippen molar-refractivity contribution in [2.75, 3.05) is 4.90 Å². The monoisotopic (exact) mass is 390 g/mol. The van der Waals surface area contributed by atoms with Crippen molar-refractivity contribution in [3.8, 4) is 0 Å². The third-order valence-corrected chi connectivity index (χ3v) is 5.17. The quantitative estimate of drug-likeness (QED) is 0.320. The number of halogens is 1. The maximum atomic E-state index is 12.7. The number of thioether (sulfide) groups is 1. The van der Waals surface area contributed by atoms with E-state index in [0.717, 1.165) is 17.3 Å². The van der Waals surface area contributed by atoms with Crippen LogP contribution in [0.4, 0.5) is 11.4 Å². The minimum Gasteiger partial charge on any atom is -0.268 e. The van der Waals surface area contributed by atoms with Crippen LogP contribution in [0.2, 0.25) is 5.02 Å². The Hall–Kier alpha value is -2.22. The molecule has 2 aromatic rings. The van der Waals surface area contributed by atoms with Gasteiger partial charge in [-0.3, -0.25) is 19.8 Å². The minimum atomic E-state index is -0.558. The van der Waals surface area contributed by atoms with Crippen LogP contribution in [0.5, 0.6) is 0 Å². The number of anilines is 1. The summed E-state index contributed by atoms with van der Waals surface area (Å²) in [4.78, 5) is 25.0. The summed E-state index contributed by atoms with van der Waals surface area (Å²) in [6, 6.07) is 11.9. The number of hydrogen-bond acceptors (Lipinski definition) is 5. The van der Waals surface area contributed by atoms with Crippen LogP contribution >= 0.6 is 35.6 Å². The Balaban J connectivity index is 1.94.